The fourth-order valence-corrected chi connectivity index (χ4v) is 4.55. The standard InChI is InChI=1S/C21H29N3O4/c22-17-7-6-16(14-17)19(25)23-10-8-21(9-11-23)15-24(20(26)28-21)12-13-27-18-4-2-1-3-5-18/h1-5,16-17H,6-15,22H2. The Morgan fingerprint density at radius 2 is 1.96 bits per heavy atom. The van der Waals surface area contributed by atoms with Crippen LogP contribution in [0.25, 0.3) is 0 Å². The van der Waals surface area contributed by atoms with Gasteiger partial charge in [0.25, 0.3) is 0 Å². The first-order valence-electron chi connectivity index (χ1n) is 10.2. The number of ether oxygens (including phenoxy) is 2. The topological polar surface area (TPSA) is 85.1 Å². The summed E-state index contributed by atoms with van der Waals surface area (Å²) in [5.74, 6) is 1.09. The molecule has 2 unspecified atom stereocenters. The van der Waals surface area contributed by atoms with Crippen LogP contribution in [0.2, 0.25) is 0 Å². The van der Waals surface area contributed by atoms with Gasteiger partial charge in [0.2, 0.25) is 5.91 Å². The van der Waals surface area contributed by atoms with Crippen molar-refractivity contribution in [2.45, 2.75) is 43.7 Å². The molecule has 1 aromatic carbocycles. The van der Waals surface area contributed by atoms with Gasteiger partial charge < -0.3 is 25.0 Å². The summed E-state index contributed by atoms with van der Waals surface area (Å²) in [5.41, 5.74) is 5.48. The molecule has 1 spiro atoms. The van der Waals surface area contributed by atoms with Crippen molar-refractivity contribution in [3.8, 4) is 5.75 Å². The SMILES string of the molecule is NC1CCC(C(=O)N2CCC3(CC2)CN(CCOc2ccccc2)C(=O)O3)C1. The van der Waals surface area contributed by atoms with E-state index in [2.05, 4.69) is 0 Å². The highest BCUT2D eigenvalue weighted by Gasteiger charge is 2.48. The number of hydrogen-bond acceptors (Lipinski definition) is 5. The van der Waals surface area contributed by atoms with E-state index >= 15 is 0 Å². The minimum absolute atomic E-state index is 0.0711. The molecule has 7 heteroatoms. The second-order valence-electron chi connectivity index (χ2n) is 8.23. The quantitative estimate of drug-likeness (QED) is 0.835. The zero-order valence-corrected chi connectivity index (χ0v) is 16.2. The van der Waals surface area contributed by atoms with Crippen LogP contribution in [0, 0.1) is 5.92 Å². The maximum Gasteiger partial charge on any atom is 0.410 e. The van der Waals surface area contributed by atoms with Crippen molar-refractivity contribution >= 4 is 12.0 Å². The van der Waals surface area contributed by atoms with Gasteiger partial charge in [-0.3, -0.25) is 4.79 Å². The summed E-state index contributed by atoms with van der Waals surface area (Å²) in [4.78, 5) is 28.6. The van der Waals surface area contributed by atoms with Crippen LogP contribution in [-0.2, 0) is 9.53 Å². The normalized spacial score (nSPS) is 26.5. The van der Waals surface area contributed by atoms with Crippen LogP contribution in [0.5, 0.6) is 5.75 Å². The number of nitrogens with zero attached hydrogens (tertiary/aromatic N) is 2. The molecular formula is C21H29N3O4. The molecule has 0 bridgehead atoms. The molecule has 1 aromatic rings. The van der Waals surface area contributed by atoms with Gasteiger partial charge in [0.15, 0.2) is 0 Å². The number of hydrogen-bond donors (Lipinski definition) is 1. The van der Waals surface area contributed by atoms with Crippen molar-refractivity contribution in [1.29, 1.82) is 0 Å². The summed E-state index contributed by atoms with van der Waals surface area (Å²) in [6.07, 6.45) is 3.74. The molecule has 1 aliphatic carbocycles. The lowest BCUT2D eigenvalue weighted by Gasteiger charge is -2.38. The lowest BCUT2D eigenvalue weighted by atomic mass is 9.90. The molecule has 3 aliphatic rings. The molecule has 2 amide bonds. The van der Waals surface area contributed by atoms with Gasteiger partial charge in [-0.2, -0.15) is 0 Å². The lowest BCUT2D eigenvalue weighted by molar-refractivity contribution is -0.138. The Kier molecular flexibility index (Phi) is 5.44. The van der Waals surface area contributed by atoms with Crippen LogP contribution in [0.1, 0.15) is 32.1 Å². The molecule has 2 atom stereocenters. The van der Waals surface area contributed by atoms with E-state index in [-0.39, 0.29) is 24.0 Å². The highest BCUT2D eigenvalue weighted by Crippen LogP contribution is 2.35. The number of likely N-dealkylation sites (tertiary alicyclic amines) is 1. The molecule has 3 fully saturated rings. The van der Waals surface area contributed by atoms with E-state index in [0.29, 0.717) is 45.6 Å². The number of carbonyl (C=O) groups is 2. The van der Waals surface area contributed by atoms with Gasteiger partial charge in [-0.05, 0) is 31.4 Å². The second kappa shape index (κ2) is 7.99. The van der Waals surface area contributed by atoms with Crippen molar-refractivity contribution < 1.29 is 19.1 Å². The van der Waals surface area contributed by atoms with Gasteiger partial charge in [0, 0.05) is 37.9 Å². The number of amides is 2. The van der Waals surface area contributed by atoms with Crippen molar-refractivity contribution in [2.24, 2.45) is 11.7 Å². The van der Waals surface area contributed by atoms with Crippen molar-refractivity contribution in [3.63, 3.8) is 0 Å². The summed E-state index contributed by atoms with van der Waals surface area (Å²) in [6.45, 7) is 2.79. The Hall–Kier alpha value is -2.28. The summed E-state index contributed by atoms with van der Waals surface area (Å²) < 4.78 is 11.4. The Bertz CT molecular complexity index is 703. The molecule has 2 saturated heterocycles. The average molecular weight is 387 g/mol. The molecular weight excluding hydrogens is 358 g/mol. The van der Waals surface area contributed by atoms with Crippen LogP contribution in [0.4, 0.5) is 4.79 Å². The Morgan fingerprint density at radius 3 is 2.64 bits per heavy atom. The van der Waals surface area contributed by atoms with Crippen LogP contribution in [-0.4, -0.2) is 66.2 Å². The first kappa shape index (κ1) is 19.1. The lowest BCUT2D eigenvalue weighted by Crippen LogP contribution is -2.50. The van der Waals surface area contributed by atoms with Crippen molar-refractivity contribution in [2.75, 3.05) is 32.8 Å². The molecule has 152 valence electrons. The molecule has 28 heavy (non-hydrogen) atoms. The third kappa shape index (κ3) is 4.09. The van der Waals surface area contributed by atoms with Gasteiger partial charge in [-0.1, -0.05) is 18.2 Å². The zero-order chi connectivity index (χ0) is 19.6. The number of benzene rings is 1. The van der Waals surface area contributed by atoms with Crippen LogP contribution in [0.3, 0.4) is 0 Å². The van der Waals surface area contributed by atoms with Gasteiger partial charge in [0.05, 0.1) is 13.1 Å². The monoisotopic (exact) mass is 387 g/mol. The third-order valence-electron chi connectivity index (χ3n) is 6.22. The zero-order valence-electron chi connectivity index (χ0n) is 16.2. The average Bonchev–Trinajstić information content (AvgIpc) is 3.26. The van der Waals surface area contributed by atoms with Gasteiger partial charge in [-0.25, -0.2) is 4.79 Å². The highest BCUT2D eigenvalue weighted by molar-refractivity contribution is 5.79. The van der Waals surface area contributed by atoms with Crippen LogP contribution in [0.15, 0.2) is 30.3 Å². The molecule has 2 heterocycles. The Morgan fingerprint density at radius 1 is 1.21 bits per heavy atom. The summed E-state index contributed by atoms with van der Waals surface area (Å²) in [5, 5.41) is 0. The first-order chi connectivity index (χ1) is 13.5. The summed E-state index contributed by atoms with van der Waals surface area (Å²) in [6, 6.07) is 9.73. The van der Waals surface area contributed by atoms with E-state index in [1.807, 2.05) is 35.2 Å². The second-order valence-corrected chi connectivity index (χ2v) is 8.23. The maximum absolute atomic E-state index is 12.7. The molecule has 0 aromatic heterocycles. The van der Waals surface area contributed by atoms with E-state index in [1.54, 1.807) is 4.90 Å². The molecule has 0 radical (unpaired) electrons. The Labute approximate surface area is 165 Å². The predicted octanol–water partition coefficient (Wildman–Crippen LogP) is 2.01. The number of carbonyl (C=O) groups excluding carboxylic acids is 2. The van der Waals surface area contributed by atoms with Crippen LogP contribution < -0.4 is 10.5 Å². The highest BCUT2D eigenvalue weighted by atomic mass is 16.6. The Balaban J connectivity index is 1.25. The van der Waals surface area contributed by atoms with E-state index < -0.39 is 5.60 Å². The van der Waals surface area contributed by atoms with Crippen molar-refractivity contribution in [1.82, 2.24) is 9.80 Å². The third-order valence-corrected chi connectivity index (χ3v) is 6.22. The largest absolute Gasteiger partial charge is 0.492 e. The van der Waals surface area contributed by atoms with Crippen molar-refractivity contribution in [3.05, 3.63) is 30.3 Å². The van der Waals surface area contributed by atoms with Gasteiger partial charge in [0.1, 0.15) is 18.0 Å². The first-order valence-corrected chi connectivity index (χ1v) is 10.2. The summed E-state index contributed by atoms with van der Waals surface area (Å²) >= 11 is 0. The van der Waals surface area contributed by atoms with E-state index in [1.165, 1.54) is 0 Å². The van der Waals surface area contributed by atoms with Gasteiger partial charge >= 0.3 is 6.09 Å². The smallest absolute Gasteiger partial charge is 0.410 e. The van der Waals surface area contributed by atoms with E-state index in [9.17, 15) is 9.59 Å². The van der Waals surface area contributed by atoms with Crippen LogP contribution >= 0.6 is 0 Å². The maximum atomic E-state index is 12.7. The predicted molar refractivity (Wildman–Crippen MR) is 104 cm³/mol. The van der Waals surface area contributed by atoms with Gasteiger partial charge in [-0.15, -0.1) is 0 Å². The molecule has 4 rings (SSSR count). The molecule has 2 N–H and O–H groups in total. The molecule has 7 nitrogen and oxygen atoms in total. The summed E-state index contributed by atoms with van der Waals surface area (Å²) in [7, 11) is 0. The molecule has 1 saturated carbocycles. The number of para-hydroxylation sites is 1. The van der Waals surface area contributed by atoms with E-state index in [0.717, 1.165) is 25.0 Å². The molecule has 2 aliphatic heterocycles. The fraction of sp³-hybridized carbons (Fsp3) is 0.619. The number of piperidine rings is 1. The fourth-order valence-electron chi connectivity index (χ4n) is 4.55. The minimum atomic E-state index is -0.466. The number of nitrogens with two attached hydrogens (primary N) is 1. The number of rotatable bonds is 5. The minimum Gasteiger partial charge on any atom is -0.492 e. The van der Waals surface area contributed by atoms with E-state index in [4.69, 9.17) is 15.2 Å².